The molecule has 2 heterocycles. The number of fused-ring (bicyclic) bond motifs is 1. The summed E-state index contributed by atoms with van der Waals surface area (Å²) >= 11 is 0. The molecule has 0 saturated carbocycles. The van der Waals surface area contributed by atoms with Crippen LogP contribution in [0.25, 0.3) is 22.6 Å². The number of imidazole rings is 1. The van der Waals surface area contributed by atoms with Crippen LogP contribution in [0.4, 0.5) is 0 Å². The SMILES string of the molecule is CCCCn1c(-c2cccc(O)c2)nc2c1c(=O)[nH]c(=O)n2CCCC. The first-order valence-corrected chi connectivity index (χ1v) is 9.09. The van der Waals surface area contributed by atoms with Crippen molar-refractivity contribution in [1.82, 2.24) is 19.1 Å². The molecule has 138 valence electrons. The normalized spacial score (nSPS) is 11.3. The molecule has 0 unspecified atom stereocenters. The Morgan fingerprint density at radius 3 is 2.42 bits per heavy atom. The van der Waals surface area contributed by atoms with Gasteiger partial charge in [-0.05, 0) is 25.0 Å². The maximum Gasteiger partial charge on any atom is 0.330 e. The van der Waals surface area contributed by atoms with Gasteiger partial charge in [0.15, 0.2) is 11.2 Å². The number of nitrogens with zero attached hydrogens (tertiary/aromatic N) is 3. The highest BCUT2D eigenvalue weighted by Gasteiger charge is 2.19. The third kappa shape index (κ3) is 3.29. The number of phenols is 1. The van der Waals surface area contributed by atoms with Gasteiger partial charge in [0, 0.05) is 18.7 Å². The third-order valence-corrected chi connectivity index (χ3v) is 4.46. The fraction of sp³-hybridized carbons (Fsp3) is 0.421. The van der Waals surface area contributed by atoms with E-state index in [1.807, 2.05) is 17.6 Å². The van der Waals surface area contributed by atoms with Gasteiger partial charge in [0.05, 0.1) is 0 Å². The molecule has 0 aliphatic carbocycles. The Morgan fingerprint density at radius 2 is 1.77 bits per heavy atom. The molecule has 0 aliphatic rings. The number of nitrogens with one attached hydrogen (secondary N) is 1. The van der Waals surface area contributed by atoms with Crippen molar-refractivity contribution in [2.24, 2.45) is 0 Å². The molecule has 2 N–H and O–H groups in total. The molecule has 0 atom stereocenters. The smallest absolute Gasteiger partial charge is 0.330 e. The van der Waals surface area contributed by atoms with Crippen LogP contribution in [0.3, 0.4) is 0 Å². The van der Waals surface area contributed by atoms with E-state index in [0.717, 1.165) is 25.7 Å². The summed E-state index contributed by atoms with van der Waals surface area (Å²) in [6.45, 7) is 5.25. The second-order valence-corrected chi connectivity index (χ2v) is 6.43. The zero-order valence-electron chi connectivity index (χ0n) is 15.2. The zero-order chi connectivity index (χ0) is 18.7. The number of phenolic OH excluding ortho intramolecular Hbond substituents is 1. The Bertz CT molecular complexity index is 1030. The van der Waals surface area contributed by atoms with E-state index in [-0.39, 0.29) is 5.75 Å². The molecular weight excluding hydrogens is 332 g/mol. The van der Waals surface area contributed by atoms with E-state index in [0.29, 0.717) is 35.6 Å². The van der Waals surface area contributed by atoms with Crippen LogP contribution in [0.1, 0.15) is 39.5 Å². The molecule has 26 heavy (non-hydrogen) atoms. The number of benzene rings is 1. The highest BCUT2D eigenvalue weighted by Crippen LogP contribution is 2.26. The largest absolute Gasteiger partial charge is 0.508 e. The average molecular weight is 356 g/mol. The lowest BCUT2D eigenvalue weighted by atomic mass is 10.2. The van der Waals surface area contributed by atoms with Crippen LogP contribution in [0.2, 0.25) is 0 Å². The lowest BCUT2D eigenvalue weighted by Crippen LogP contribution is -2.31. The molecule has 1 aromatic carbocycles. The lowest BCUT2D eigenvalue weighted by molar-refractivity contribution is 0.475. The second kappa shape index (κ2) is 7.59. The molecule has 0 amide bonds. The van der Waals surface area contributed by atoms with E-state index in [2.05, 4.69) is 16.9 Å². The summed E-state index contributed by atoms with van der Waals surface area (Å²) in [5.41, 5.74) is 0.673. The molecule has 7 nitrogen and oxygen atoms in total. The van der Waals surface area contributed by atoms with Crippen molar-refractivity contribution in [3.8, 4) is 17.1 Å². The van der Waals surface area contributed by atoms with Gasteiger partial charge in [0.25, 0.3) is 5.56 Å². The first-order chi connectivity index (χ1) is 12.6. The molecule has 3 rings (SSSR count). The first kappa shape index (κ1) is 18.0. The maximum absolute atomic E-state index is 12.5. The van der Waals surface area contributed by atoms with Gasteiger partial charge >= 0.3 is 5.69 Å². The van der Waals surface area contributed by atoms with E-state index >= 15 is 0 Å². The molecule has 0 saturated heterocycles. The highest BCUT2D eigenvalue weighted by molar-refractivity contribution is 5.77. The minimum Gasteiger partial charge on any atom is -0.508 e. The topological polar surface area (TPSA) is 92.9 Å². The van der Waals surface area contributed by atoms with Crippen LogP contribution >= 0.6 is 0 Å². The van der Waals surface area contributed by atoms with Gasteiger partial charge in [-0.15, -0.1) is 0 Å². The Labute approximate surface area is 150 Å². The third-order valence-electron chi connectivity index (χ3n) is 4.46. The fourth-order valence-electron chi connectivity index (χ4n) is 3.10. The molecule has 7 heteroatoms. The molecule has 2 aromatic heterocycles. The van der Waals surface area contributed by atoms with Gasteiger partial charge in [0.2, 0.25) is 0 Å². The number of hydrogen-bond acceptors (Lipinski definition) is 4. The Balaban J connectivity index is 2.31. The standard InChI is InChI=1S/C19H24N4O3/c1-3-5-10-22-15-17(20-16(22)13-8-7-9-14(24)12-13)23(11-6-4-2)19(26)21-18(15)25/h7-9,12,24H,3-6,10-11H2,1-2H3,(H,21,25,26). The van der Waals surface area contributed by atoms with Crippen LogP contribution in [-0.4, -0.2) is 24.2 Å². The quantitative estimate of drug-likeness (QED) is 0.681. The fourth-order valence-corrected chi connectivity index (χ4v) is 3.10. The minimum absolute atomic E-state index is 0.133. The van der Waals surface area contributed by atoms with Gasteiger partial charge in [-0.2, -0.15) is 0 Å². The summed E-state index contributed by atoms with van der Waals surface area (Å²) in [5.74, 6) is 0.722. The van der Waals surface area contributed by atoms with Crippen molar-refractivity contribution in [1.29, 1.82) is 0 Å². The van der Waals surface area contributed by atoms with Gasteiger partial charge < -0.3 is 9.67 Å². The number of H-pyrrole nitrogens is 1. The van der Waals surface area contributed by atoms with Crippen molar-refractivity contribution < 1.29 is 5.11 Å². The van der Waals surface area contributed by atoms with E-state index in [1.165, 1.54) is 4.57 Å². The maximum atomic E-state index is 12.5. The number of aryl methyl sites for hydroxylation is 2. The number of aromatic nitrogens is 4. The van der Waals surface area contributed by atoms with Crippen LogP contribution in [0.15, 0.2) is 33.9 Å². The minimum atomic E-state index is -0.432. The molecule has 3 aromatic rings. The van der Waals surface area contributed by atoms with Gasteiger partial charge in [-0.1, -0.05) is 38.8 Å². The average Bonchev–Trinajstić information content (AvgIpc) is 2.99. The number of aromatic amines is 1. The summed E-state index contributed by atoms with van der Waals surface area (Å²) in [4.78, 5) is 31.9. The van der Waals surface area contributed by atoms with E-state index < -0.39 is 11.2 Å². The van der Waals surface area contributed by atoms with E-state index in [9.17, 15) is 14.7 Å². The number of aromatic hydroxyl groups is 1. The number of rotatable bonds is 7. The Morgan fingerprint density at radius 1 is 1.08 bits per heavy atom. The monoisotopic (exact) mass is 356 g/mol. The summed E-state index contributed by atoms with van der Waals surface area (Å²) in [7, 11) is 0. The molecule has 0 spiro atoms. The Kier molecular flexibility index (Phi) is 5.25. The first-order valence-electron chi connectivity index (χ1n) is 9.09. The van der Waals surface area contributed by atoms with E-state index in [1.54, 1.807) is 18.2 Å². The van der Waals surface area contributed by atoms with Gasteiger partial charge in [-0.25, -0.2) is 9.78 Å². The molecule has 0 radical (unpaired) electrons. The predicted molar refractivity (Wildman–Crippen MR) is 102 cm³/mol. The van der Waals surface area contributed by atoms with Crippen LogP contribution in [0.5, 0.6) is 5.75 Å². The lowest BCUT2D eigenvalue weighted by Gasteiger charge is -2.09. The van der Waals surface area contributed by atoms with Crippen molar-refractivity contribution in [2.75, 3.05) is 0 Å². The Hall–Kier alpha value is -2.83. The van der Waals surface area contributed by atoms with Gasteiger partial charge in [0.1, 0.15) is 11.6 Å². The van der Waals surface area contributed by atoms with Crippen LogP contribution in [-0.2, 0) is 13.1 Å². The zero-order valence-corrected chi connectivity index (χ0v) is 15.2. The van der Waals surface area contributed by atoms with Gasteiger partial charge in [-0.3, -0.25) is 14.3 Å². The molecule has 0 bridgehead atoms. The second-order valence-electron chi connectivity index (χ2n) is 6.43. The summed E-state index contributed by atoms with van der Waals surface area (Å²) < 4.78 is 3.39. The molecular formula is C19H24N4O3. The highest BCUT2D eigenvalue weighted by atomic mass is 16.3. The molecule has 0 fully saturated rings. The van der Waals surface area contributed by atoms with Crippen LogP contribution < -0.4 is 11.2 Å². The van der Waals surface area contributed by atoms with Crippen LogP contribution in [0, 0.1) is 0 Å². The summed E-state index contributed by atoms with van der Waals surface area (Å²) in [6.07, 6.45) is 3.60. The van der Waals surface area contributed by atoms with Crippen molar-refractivity contribution in [3.05, 3.63) is 45.1 Å². The summed E-state index contributed by atoms with van der Waals surface area (Å²) in [6, 6.07) is 6.79. The van der Waals surface area contributed by atoms with Crippen molar-refractivity contribution >= 4 is 11.2 Å². The predicted octanol–water partition coefficient (Wildman–Crippen LogP) is 2.86. The van der Waals surface area contributed by atoms with Crippen molar-refractivity contribution in [2.45, 2.75) is 52.6 Å². The number of hydrogen-bond donors (Lipinski definition) is 2. The molecule has 0 aliphatic heterocycles. The van der Waals surface area contributed by atoms with Crippen molar-refractivity contribution in [3.63, 3.8) is 0 Å². The number of unbranched alkanes of at least 4 members (excludes halogenated alkanes) is 2. The summed E-state index contributed by atoms with van der Waals surface area (Å²) in [5, 5.41) is 9.83. The van der Waals surface area contributed by atoms with E-state index in [4.69, 9.17) is 0 Å².